The summed E-state index contributed by atoms with van der Waals surface area (Å²) in [6.45, 7) is 5.21. The Morgan fingerprint density at radius 1 is 1.23 bits per heavy atom. The van der Waals surface area contributed by atoms with Gasteiger partial charge in [0.1, 0.15) is 11.3 Å². The molecule has 30 heavy (non-hydrogen) atoms. The van der Waals surface area contributed by atoms with Crippen molar-refractivity contribution in [3.63, 3.8) is 0 Å². The maximum absolute atomic E-state index is 13.1. The predicted octanol–water partition coefficient (Wildman–Crippen LogP) is 2.73. The quantitative estimate of drug-likeness (QED) is 0.358. The molecule has 0 radical (unpaired) electrons. The number of aryl methyl sites for hydroxylation is 2. The lowest BCUT2D eigenvalue weighted by atomic mass is 10.2. The first-order valence-corrected chi connectivity index (χ1v) is 9.22. The Bertz CT molecular complexity index is 1100. The molecule has 0 spiro atoms. The molecule has 0 saturated heterocycles. The second-order valence-electron chi connectivity index (χ2n) is 6.18. The number of benzene rings is 1. The Labute approximate surface area is 171 Å². The number of hydrogen-bond donors (Lipinski definition) is 1. The molecule has 3 rings (SSSR count). The molecule has 0 atom stereocenters. The molecule has 0 saturated carbocycles. The number of ether oxygens (including phenoxy) is 1. The summed E-state index contributed by atoms with van der Waals surface area (Å²) in [5.74, 6) is -1.42. The van der Waals surface area contributed by atoms with E-state index < -0.39 is 22.5 Å². The van der Waals surface area contributed by atoms with Gasteiger partial charge >= 0.3 is 11.7 Å². The minimum absolute atomic E-state index is 0.0241. The van der Waals surface area contributed by atoms with E-state index in [9.17, 15) is 19.7 Å². The molecule has 0 unspecified atom stereocenters. The first-order chi connectivity index (χ1) is 14.4. The molecule has 1 N–H and O–H groups in total. The van der Waals surface area contributed by atoms with Crippen LogP contribution in [0.1, 0.15) is 40.4 Å². The van der Waals surface area contributed by atoms with Gasteiger partial charge in [0.15, 0.2) is 5.82 Å². The summed E-state index contributed by atoms with van der Waals surface area (Å²) in [5.41, 5.74) is 0.122. The third kappa shape index (κ3) is 3.77. The molecule has 0 aliphatic heterocycles. The Morgan fingerprint density at radius 3 is 2.53 bits per heavy atom. The van der Waals surface area contributed by atoms with E-state index in [4.69, 9.17) is 4.74 Å². The highest BCUT2D eigenvalue weighted by Gasteiger charge is 2.32. The SMILES string of the molecule is CCOC(=O)c1cnn(-c2ccccc2)c1NC(=O)c1c([N+](=O)[O-])c(C)nn1CC. The molecule has 0 bridgehead atoms. The fourth-order valence-electron chi connectivity index (χ4n) is 3.00. The molecule has 3 aromatic rings. The number of nitro groups is 1. The standard InChI is InChI=1S/C19H20N6O5/c1-4-23-16(15(25(28)29)12(3)22-23)18(26)21-17-14(19(27)30-5-2)11-20-24(17)13-9-7-6-8-10-13/h6-11H,4-5H2,1-3H3,(H,21,26). The fourth-order valence-corrected chi connectivity index (χ4v) is 3.00. The zero-order valence-electron chi connectivity index (χ0n) is 16.7. The van der Waals surface area contributed by atoms with Gasteiger partial charge in [0.2, 0.25) is 5.69 Å². The first kappa shape index (κ1) is 20.7. The van der Waals surface area contributed by atoms with Crippen LogP contribution in [0.5, 0.6) is 0 Å². The summed E-state index contributed by atoms with van der Waals surface area (Å²) in [4.78, 5) is 36.3. The lowest BCUT2D eigenvalue weighted by molar-refractivity contribution is -0.385. The van der Waals surface area contributed by atoms with Gasteiger partial charge in [0.25, 0.3) is 5.91 Å². The van der Waals surface area contributed by atoms with Gasteiger partial charge in [-0.15, -0.1) is 0 Å². The third-order valence-corrected chi connectivity index (χ3v) is 4.29. The van der Waals surface area contributed by atoms with Crippen molar-refractivity contribution in [2.24, 2.45) is 0 Å². The molecule has 1 amide bonds. The molecule has 11 heteroatoms. The van der Waals surface area contributed by atoms with Crippen molar-refractivity contribution >= 4 is 23.4 Å². The van der Waals surface area contributed by atoms with Crippen LogP contribution in [0.4, 0.5) is 11.5 Å². The Balaban J connectivity index is 2.10. The van der Waals surface area contributed by atoms with E-state index in [2.05, 4.69) is 15.5 Å². The van der Waals surface area contributed by atoms with Gasteiger partial charge in [0.05, 0.1) is 23.4 Å². The molecule has 1 aromatic carbocycles. The van der Waals surface area contributed by atoms with Gasteiger partial charge in [-0.05, 0) is 32.9 Å². The number of anilines is 1. The molecule has 0 aliphatic rings. The fraction of sp³-hybridized carbons (Fsp3) is 0.263. The monoisotopic (exact) mass is 412 g/mol. The number of carbonyl (C=O) groups is 2. The average molecular weight is 412 g/mol. The number of aromatic nitrogens is 4. The van der Waals surface area contributed by atoms with E-state index in [1.807, 2.05) is 6.07 Å². The molecule has 0 aliphatic carbocycles. The van der Waals surface area contributed by atoms with Crippen LogP contribution in [0.2, 0.25) is 0 Å². The summed E-state index contributed by atoms with van der Waals surface area (Å²) in [6.07, 6.45) is 1.28. The van der Waals surface area contributed by atoms with Crippen molar-refractivity contribution in [2.45, 2.75) is 27.3 Å². The van der Waals surface area contributed by atoms with Crippen LogP contribution in [0.15, 0.2) is 36.5 Å². The summed E-state index contributed by atoms with van der Waals surface area (Å²) in [7, 11) is 0. The largest absolute Gasteiger partial charge is 0.462 e. The number of esters is 1. The number of nitrogens with one attached hydrogen (secondary N) is 1. The Morgan fingerprint density at radius 2 is 1.93 bits per heavy atom. The van der Waals surface area contributed by atoms with Gasteiger partial charge in [-0.2, -0.15) is 10.2 Å². The maximum atomic E-state index is 13.1. The molecular formula is C19H20N6O5. The average Bonchev–Trinajstić information content (AvgIpc) is 3.29. The van der Waals surface area contributed by atoms with Crippen molar-refractivity contribution < 1.29 is 19.2 Å². The minimum Gasteiger partial charge on any atom is -0.462 e. The van der Waals surface area contributed by atoms with Crippen LogP contribution in [0.3, 0.4) is 0 Å². The van der Waals surface area contributed by atoms with Crippen LogP contribution < -0.4 is 5.32 Å². The van der Waals surface area contributed by atoms with Crippen LogP contribution in [-0.4, -0.2) is 43.0 Å². The Kier molecular flexibility index (Phi) is 5.90. The zero-order valence-corrected chi connectivity index (χ0v) is 16.7. The topological polar surface area (TPSA) is 134 Å². The molecular weight excluding hydrogens is 392 g/mol. The molecule has 156 valence electrons. The van der Waals surface area contributed by atoms with Gasteiger partial charge in [-0.3, -0.25) is 19.6 Å². The van der Waals surface area contributed by atoms with Crippen molar-refractivity contribution in [1.82, 2.24) is 19.6 Å². The van der Waals surface area contributed by atoms with E-state index in [1.165, 1.54) is 22.5 Å². The van der Waals surface area contributed by atoms with Crippen LogP contribution >= 0.6 is 0 Å². The second kappa shape index (κ2) is 8.55. The van der Waals surface area contributed by atoms with Gasteiger partial charge in [0, 0.05) is 6.54 Å². The van der Waals surface area contributed by atoms with E-state index >= 15 is 0 Å². The molecule has 2 aromatic heterocycles. The highest BCUT2D eigenvalue weighted by atomic mass is 16.6. The van der Waals surface area contributed by atoms with E-state index in [0.29, 0.717) is 5.69 Å². The number of nitrogens with zero attached hydrogens (tertiary/aromatic N) is 5. The van der Waals surface area contributed by atoms with Gasteiger partial charge in [-0.1, -0.05) is 18.2 Å². The molecule has 0 fully saturated rings. The minimum atomic E-state index is -0.785. The predicted molar refractivity (Wildman–Crippen MR) is 107 cm³/mol. The first-order valence-electron chi connectivity index (χ1n) is 9.22. The van der Waals surface area contributed by atoms with Crippen LogP contribution in [0.25, 0.3) is 5.69 Å². The number of amides is 1. The number of carbonyl (C=O) groups excluding carboxylic acids is 2. The Hall–Kier alpha value is -4.02. The van der Waals surface area contributed by atoms with Gasteiger partial charge < -0.3 is 10.1 Å². The normalized spacial score (nSPS) is 10.6. The summed E-state index contributed by atoms with van der Waals surface area (Å²) in [6, 6.07) is 8.82. The van der Waals surface area contributed by atoms with E-state index in [0.717, 1.165) is 0 Å². The van der Waals surface area contributed by atoms with Crippen LogP contribution in [0, 0.1) is 17.0 Å². The maximum Gasteiger partial charge on any atom is 0.343 e. The lowest BCUT2D eigenvalue weighted by Crippen LogP contribution is -2.22. The van der Waals surface area contributed by atoms with Crippen molar-refractivity contribution in [2.75, 3.05) is 11.9 Å². The lowest BCUT2D eigenvalue weighted by Gasteiger charge is -2.11. The van der Waals surface area contributed by atoms with Crippen molar-refractivity contribution in [1.29, 1.82) is 0 Å². The van der Waals surface area contributed by atoms with E-state index in [1.54, 1.807) is 38.1 Å². The number of rotatable bonds is 7. The molecule has 2 heterocycles. The number of para-hydroxylation sites is 1. The van der Waals surface area contributed by atoms with Crippen LogP contribution in [-0.2, 0) is 11.3 Å². The summed E-state index contributed by atoms with van der Waals surface area (Å²) >= 11 is 0. The zero-order chi connectivity index (χ0) is 21.8. The summed E-state index contributed by atoms with van der Waals surface area (Å²) in [5, 5.41) is 22.4. The number of hydrogen-bond acceptors (Lipinski definition) is 7. The van der Waals surface area contributed by atoms with Crippen molar-refractivity contribution in [3.8, 4) is 5.69 Å². The third-order valence-electron chi connectivity index (χ3n) is 4.29. The second-order valence-corrected chi connectivity index (χ2v) is 6.18. The smallest absolute Gasteiger partial charge is 0.343 e. The van der Waals surface area contributed by atoms with Gasteiger partial charge in [-0.25, -0.2) is 9.48 Å². The highest BCUT2D eigenvalue weighted by molar-refractivity contribution is 6.08. The highest BCUT2D eigenvalue weighted by Crippen LogP contribution is 2.26. The summed E-state index contributed by atoms with van der Waals surface area (Å²) < 4.78 is 7.65. The van der Waals surface area contributed by atoms with Crippen molar-refractivity contribution in [3.05, 3.63) is 63.6 Å². The van der Waals surface area contributed by atoms with E-state index in [-0.39, 0.29) is 35.9 Å². The molecule has 11 nitrogen and oxygen atoms in total.